The summed E-state index contributed by atoms with van der Waals surface area (Å²) in [5.41, 5.74) is 1.98. The predicted molar refractivity (Wildman–Crippen MR) is 120 cm³/mol. The number of halogens is 1. The van der Waals surface area contributed by atoms with Crippen LogP contribution in [0.25, 0.3) is 11.3 Å². The van der Waals surface area contributed by atoms with Crippen LogP contribution in [-0.2, 0) is 0 Å². The standard InChI is InChI=1S/C23H19FN6O2/c1-25-22-27-14-12-19(29-22)17-5-4-13-26-21(17)32-16-10-8-15(9-11-16)28-23(31)30-20-7-3-2-6-18(20)24/h2-14H,1H3,(H,25,27,29)(H2,28,30,31). The normalized spacial score (nSPS) is 10.3. The Morgan fingerprint density at radius 2 is 1.72 bits per heavy atom. The van der Waals surface area contributed by atoms with Gasteiger partial charge in [-0.3, -0.25) is 0 Å². The van der Waals surface area contributed by atoms with Crippen LogP contribution in [0.3, 0.4) is 0 Å². The summed E-state index contributed by atoms with van der Waals surface area (Å²) >= 11 is 0. The monoisotopic (exact) mass is 430 g/mol. The van der Waals surface area contributed by atoms with Crippen LogP contribution in [0.2, 0.25) is 0 Å². The largest absolute Gasteiger partial charge is 0.438 e. The average Bonchev–Trinajstić information content (AvgIpc) is 2.82. The maximum atomic E-state index is 13.7. The van der Waals surface area contributed by atoms with Crippen molar-refractivity contribution in [2.75, 3.05) is 23.0 Å². The molecule has 0 saturated heterocycles. The number of carbonyl (C=O) groups is 1. The first-order chi connectivity index (χ1) is 15.6. The highest BCUT2D eigenvalue weighted by Gasteiger charge is 2.11. The second-order valence-corrected chi connectivity index (χ2v) is 6.56. The van der Waals surface area contributed by atoms with Gasteiger partial charge in [0.1, 0.15) is 11.6 Å². The topological polar surface area (TPSA) is 101 Å². The third-order valence-corrected chi connectivity index (χ3v) is 4.38. The summed E-state index contributed by atoms with van der Waals surface area (Å²) < 4.78 is 19.6. The minimum atomic E-state index is -0.556. The fraction of sp³-hybridized carbons (Fsp3) is 0.0435. The van der Waals surface area contributed by atoms with Crippen molar-refractivity contribution in [1.82, 2.24) is 15.0 Å². The first-order valence-corrected chi connectivity index (χ1v) is 9.69. The van der Waals surface area contributed by atoms with Gasteiger partial charge in [-0.15, -0.1) is 0 Å². The minimum Gasteiger partial charge on any atom is -0.438 e. The van der Waals surface area contributed by atoms with Gasteiger partial charge >= 0.3 is 6.03 Å². The van der Waals surface area contributed by atoms with E-state index < -0.39 is 11.8 Å². The van der Waals surface area contributed by atoms with Crippen LogP contribution < -0.4 is 20.7 Å². The summed E-state index contributed by atoms with van der Waals surface area (Å²) in [6.07, 6.45) is 3.28. The number of anilines is 3. The number of hydrogen-bond donors (Lipinski definition) is 3. The number of carbonyl (C=O) groups excluding carboxylic acids is 1. The molecule has 2 amide bonds. The second kappa shape index (κ2) is 9.52. The third-order valence-electron chi connectivity index (χ3n) is 4.38. The number of hydrogen-bond acceptors (Lipinski definition) is 6. The van der Waals surface area contributed by atoms with Gasteiger partial charge in [-0.25, -0.2) is 24.1 Å². The molecule has 0 radical (unpaired) electrons. The Kier molecular flexibility index (Phi) is 6.17. The Morgan fingerprint density at radius 3 is 2.50 bits per heavy atom. The Bertz CT molecular complexity index is 1230. The van der Waals surface area contributed by atoms with Gasteiger partial charge in [-0.05, 0) is 54.6 Å². The molecule has 0 spiro atoms. The highest BCUT2D eigenvalue weighted by molar-refractivity contribution is 5.99. The molecule has 9 heteroatoms. The first-order valence-electron chi connectivity index (χ1n) is 9.69. The van der Waals surface area contributed by atoms with Gasteiger partial charge in [-0.2, -0.15) is 0 Å². The summed E-state index contributed by atoms with van der Waals surface area (Å²) in [5, 5.41) is 8.01. The number of aromatic nitrogens is 3. The zero-order valence-corrected chi connectivity index (χ0v) is 17.0. The molecule has 0 fully saturated rings. The van der Waals surface area contributed by atoms with E-state index in [1.807, 2.05) is 6.07 Å². The highest BCUT2D eigenvalue weighted by atomic mass is 19.1. The molecule has 8 nitrogen and oxygen atoms in total. The lowest BCUT2D eigenvalue weighted by atomic mass is 10.2. The predicted octanol–water partition coefficient (Wildman–Crippen LogP) is 5.16. The van der Waals surface area contributed by atoms with Gasteiger partial charge < -0.3 is 20.7 Å². The van der Waals surface area contributed by atoms with Crippen molar-refractivity contribution in [1.29, 1.82) is 0 Å². The van der Waals surface area contributed by atoms with Crippen molar-refractivity contribution in [3.05, 3.63) is 84.9 Å². The smallest absolute Gasteiger partial charge is 0.323 e. The maximum absolute atomic E-state index is 13.7. The fourth-order valence-corrected chi connectivity index (χ4v) is 2.86. The summed E-state index contributed by atoms with van der Waals surface area (Å²) in [7, 11) is 1.74. The van der Waals surface area contributed by atoms with Crippen LogP contribution in [0.1, 0.15) is 0 Å². The molecular weight excluding hydrogens is 411 g/mol. The lowest BCUT2D eigenvalue weighted by Crippen LogP contribution is -2.20. The molecular formula is C23H19FN6O2. The van der Waals surface area contributed by atoms with E-state index in [2.05, 4.69) is 30.9 Å². The molecule has 2 heterocycles. The molecule has 0 unspecified atom stereocenters. The van der Waals surface area contributed by atoms with Crippen LogP contribution in [0.5, 0.6) is 11.6 Å². The number of nitrogens with one attached hydrogen (secondary N) is 3. The van der Waals surface area contributed by atoms with E-state index in [0.717, 1.165) is 0 Å². The number of pyridine rings is 1. The summed E-state index contributed by atoms with van der Waals surface area (Å²) in [5.74, 6) is 0.878. The quantitative estimate of drug-likeness (QED) is 0.391. The number of urea groups is 1. The Morgan fingerprint density at radius 1 is 0.906 bits per heavy atom. The second-order valence-electron chi connectivity index (χ2n) is 6.56. The molecule has 2 aromatic carbocycles. The van der Waals surface area contributed by atoms with E-state index in [1.54, 1.807) is 68.0 Å². The van der Waals surface area contributed by atoms with E-state index >= 15 is 0 Å². The number of nitrogens with zero attached hydrogens (tertiary/aromatic N) is 3. The number of benzene rings is 2. The van der Waals surface area contributed by atoms with E-state index in [4.69, 9.17) is 4.74 Å². The Balaban J connectivity index is 1.45. The Hall–Kier alpha value is -4.53. The first kappa shape index (κ1) is 20.7. The van der Waals surface area contributed by atoms with Gasteiger partial charge in [0.05, 0.1) is 16.9 Å². The maximum Gasteiger partial charge on any atom is 0.323 e. The van der Waals surface area contributed by atoms with Crippen molar-refractivity contribution in [3.8, 4) is 22.9 Å². The number of para-hydroxylation sites is 1. The Labute approximate surface area is 183 Å². The molecule has 3 N–H and O–H groups in total. The molecule has 0 saturated carbocycles. The van der Waals surface area contributed by atoms with Crippen LogP contribution in [0, 0.1) is 5.82 Å². The molecule has 0 aliphatic heterocycles. The number of amides is 2. The van der Waals surface area contributed by atoms with Gasteiger partial charge in [0.2, 0.25) is 11.8 Å². The molecule has 32 heavy (non-hydrogen) atoms. The van der Waals surface area contributed by atoms with Crippen LogP contribution in [0.15, 0.2) is 79.1 Å². The molecule has 0 aliphatic rings. The molecule has 160 valence electrons. The minimum absolute atomic E-state index is 0.0961. The van der Waals surface area contributed by atoms with E-state index in [9.17, 15) is 9.18 Å². The average molecular weight is 430 g/mol. The third kappa shape index (κ3) is 4.96. The molecule has 4 rings (SSSR count). The van der Waals surface area contributed by atoms with E-state index in [1.165, 1.54) is 12.1 Å². The van der Waals surface area contributed by atoms with Crippen molar-refractivity contribution in [3.63, 3.8) is 0 Å². The summed E-state index contributed by atoms with van der Waals surface area (Å²) in [6.45, 7) is 0. The van der Waals surface area contributed by atoms with E-state index in [-0.39, 0.29) is 5.69 Å². The summed E-state index contributed by atoms with van der Waals surface area (Å²) in [6, 6.07) is 17.5. The SMILES string of the molecule is CNc1nccc(-c2cccnc2Oc2ccc(NC(=O)Nc3ccccc3F)cc2)n1. The zero-order valence-electron chi connectivity index (χ0n) is 17.0. The zero-order chi connectivity index (χ0) is 22.3. The number of rotatable bonds is 6. The van der Waals surface area contributed by atoms with Gasteiger partial charge in [-0.1, -0.05) is 12.1 Å². The van der Waals surface area contributed by atoms with Crippen LogP contribution in [-0.4, -0.2) is 28.0 Å². The molecule has 2 aromatic heterocycles. The lowest BCUT2D eigenvalue weighted by Gasteiger charge is -2.11. The van der Waals surface area contributed by atoms with Crippen molar-refractivity contribution in [2.24, 2.45) is 0 Å². The van der Waals surface area contributed by atoms with Gasteiger partial charge in [0.15, 0.2) is 0 Å². The van der Waals surface area contributed by atoms with Crippen LogP contribution >= 0.6 is 0 Å². The number of ether oxygens (including phenoxy) is 1. The van der Waals surface area contributed by atoms with Gasteiger partial charge in [0.25, 0.3) is 0 Å². The van der Waals surface area contributed by atoms with Crippen molar-refractivity contribution < 1.29 is 13.9 Å². The molecule has 0 bridgehead atoms. The van der Waals surface area contributed by atoms with Crippen molar-refractivity contribution in [2.45, 2.75) is 0 Å². The lowest BCUT2D eigenvalue weighted by molar-refractivity contribution is 0.262. The molecule has 0 aliphatic carbocycles. The summed E-state index contributed by atoms with van der Waals surface area (Å²) in [4.78, 5) is 25.0. The van der Waals surface area contributed by atoms with Crippen molar-refractivity contribution >= 4 is 23.4 Å². The highest BCUT2D eigenvalue weighted by Crippen LogP contribution is 2.31. The molecule has 0 atom stereocenters. The fourth-order valence-electron chi connectivity index (χ4n) is 2.86. The van der Waals surface area contributed by atoms with Gasteiger partial charge in [0, 0.05) is 25.1 Å². The van der Waals surface area contributed by atoms with Crippen LogP contribution in [0.4, 0.5) is 26.5 Å². The molecule has 4 aromatic rings. The van der Waals surface area contributed by atoms with E-state index in [0.29, 0.717) is 34.5 Å².